The Morgan fingerprint density at radius 3 is 2.24 bits per heavy atom. The number of carbonyl (C=O) groups is 1. The normalized spacial score (nSPS) is 12.1. The minimum Gasteiger partial charge on any atom is -0.496 e. The summed E-state index contributed by atoms with van der Waals surface area (Å²) in [6, 6.07) is 21.6. The van der Waals surface area contributed by atoms with E-state index >= 15 is 0 Å². The summed E-state index contributed by atoms with van der Waals surface area (Å²) in [4.78, 5) is 13.0. The van der Waals surface area contributed by atoms with Gasteiger partial charge in [-0.2, -0.15) is 0 Å². The van der Waals surface area contributed by atoms with Gasteiger partial charge < -0.3 is 10.1 Å². The maximum atomic E-state index is 12.9. The summed E-state index contributed by atoms with van der Waals surface area (Å²) >= 11 is 0. The van der Waals surface area contributed by atoms with Gasteiger partial charge in [-0.25, -0.2) is 8.42 Å². The molecule has 0 aliphatic carbocycles. The van der Waals surface area contributed by atoms with Crippen LogP contribution in [-0.2, 0) is 10.0 Å². The Balaban J connectivity index is 1.84. The van der Waals surface area contributed by atoms with Gasteiger partial charge in [0, 0.05) is 5.56 Å². The topological polar surface area (TPSA) is 84.5 Å². The molecule has 0 spiro atoms. The van der Waals surface area contributed by atoms with E-state index in [4.69, 9.17) is 4.74 Å². The van der Waals surface area contributed by atoms with E-state index < -0.39 is 15.9 Å². The van der Waals surface area contributed by atoms with Crippen LogP contribution in [0, 0.1) is 0 Å². The van der Waals surface area contributed by atoms with Gasteiger partial charge in [0.2, 0.25) is 0 Å². The van der Waals surface area contributed by atoms with E-state index in [9.17, 15) is 13.2 Å². The predicted molar refractivity (Wildman–Crippen MR) is 113 cm³/mol. The highest BCUT2D eigenvalue weighted by Gasteiger charge is 2.20. The van der Waals surface area contributed by atoms with Gasteiger partial charge in [0.05, 0.1) is 29.3 Å². The van der Waals surface area contributed by atoms with Gasteiger partial charge in [-0.05, 0) is 37.3 Å². The average Bonchev–Trinajstić information content (AvgIpc) is 2.74. The Kier molecular flexibility index (Phi) is 6.19. The standard InChI is InChI=1S/C22H22N2O4S/c1-16(18-12-7-9-15-21(18)28-2)23-22(25)19-13-6-8-14-20(19)24-29(26,27)17-10-4-3-5-11-17/h3-16,24H,1-2H3,(H,23,25)/t16-/m1/s1. The third-order valence-corrected chi connectivity index (χ3v) is 5.80. The first-order valence-electron chi connectivity index (χ1n) is 9.03. The van der Waals surface area contributed by atoms with Crippen molar-refractivity contribution in [3.05, 3.63) is 90.0 Å². The lowest BCUT2D eigenvalue weighted by molar-refractivity contribution is 0.0940. The Morgan fingerprint density at radius 2 is 1.52 bits per heavy atom. The monoisotopic (exact) mass is 410 g/mol. The van der Waals surface area contributed by atoms with E-state index in [1.165, 1.54) is 12.1 Å². The molecule has 1 amide bonds. The number of amides is 1. The zero-order valence-corrected chi connectivity index (χ0v) is 16.9. The highest BCUT2D eigenvalue weighted by atomic mass is 32.2. The lowest BCUT2D eigenvalue weighted by Crippen LogP contribution is -2.28. The van der Waals surface area contributed by atoms with Gasteiger partial charge >= 0.3 is 0 Å². The largest absolute Gasteiger partial charge is 0.496 e. The Hall–Kier alpha value is -3.32. The van der Waals surface area contributed by atoms with Crippen LogP contribution in [0.3, 0.4) is 0 Å². The molecule has 29 heavy (non-hydrogen) atoms. The summed E-state index contributed by atoms with van der Waals surface area (Å²) in [7, 11) is -2.24. The molecule has 0 radical (unpaired) electrons. The molecule has 0 aliphatic rings. The molecule has 3 aromatic rings. The summed E-state index contributed by atoms with van der Waals surface area (Å²) in [6.07, 6.45) is 0. The van der Waals surface area contributed by atoms with Gasteiger partial charge in [0.15, 0.2) is 0 Å². The Labute approximate surface area is 170 Å². The van der Waals surface area contributed by atoms with Crippen molar-refractivity contribution in [2.75, 3.05) is 11.8 Å². The van der Waals surface area contributed by atoms with Crippen molar-refractivity contribution in [2.45, 2.75) is 17.9 Å². The van der Waals surface area contributed by atoms with Crippen molar-refractivity contribution in [2.24, 2.45) is 0 Å². The van der Waals surface area contributed by atoms with Crippen LogP contribution in [-0.4, -0.2) is 21.4 Å². The second-order valence-electron chi connectivity index (χ2n) is 6.40. The van der Waals surface area contributed by atoms with Crippen molar-refractivity contribution < 1.29 is 17.9 Å². The summed E-state index contributed by atoms with van der Waals surface area (Å²) in [6.45, 7) is 1.84. The number of anilines is 1. The van der Waals surface area contributed by atoms with E-state index in [1.54, 1.807) is 49.6 Å². The Morgan fingerprint density at radius 1 is 0.897 bits per heavy atom. The van der Waals surface area contributed by atoms with E-state index in [-0.39, 0.29) is 22.2 Å². The number of carbonyl (C=O) groups excluding carboxylic acids is 1. The number of para-hydroxylation sites is 2. The fraction of sp³-hybridized carbons (Fsp3) is 0.136. The molecule has 0 bridgehead atoms. The lowest BCUT2D eigenvalue weighted by Gasteiger charge is -2.18. The molecule has 2 N–H and O–H groups in total. The number of methoxy groups -OCH3 is 1. The van der Waals surface area contributed by atoms with Crippen LogP contribution in [0.25, 0.3) is 0 Å². The van der Waals surface area contributed by atoms with Crippen LogP contribution >= 0.6 is 0 Å². The van der Waals surface area contributed by atoms with E-state index in [0.717, 1.165) is 5.56 Å². The maximum absolute atomic E-state index is 12.9. The predicted octanol–water partition coefficient (Wildman–Crippen LogP) is 3.99. The fourth-order valence-corrected chi connectivity index (χ4v) is 4.05. The Bertz CT molecular complexity index is 1100. The second-order valence-corrected chi connectivity index (χ2v) is 8.08. The van der Waals surface area contributed by atoms with Gasteiger partial charge in [-0.1, -0.05) is 48.5 Å². The molecule has 0 heterocycles. The van der Waals surface area contributed by atoms with Crippen molar-refractivity contribution >= 4 is 21.6 Å². The van der Waals surface area contributed by atoms with Gasteiger partial charge in [-0.3, -0.25) is 9.52 Å². The van der Waals surface area contributed by atoms with Gasteiger partial charge in [-0.15, -0.1) is 0 Å². The van der Waals surface area contributed by atoms with E-state index in [0.29, 0.717) is 5.75 Å². The first-order chi connectivity index (χ1) is 13.9. The molecule has 6 nitrogen and oxygen atoms in total. The van der Waals surface area contributed by atoms with Crippen molar-refractivity contribution in [3.63, 3.8) is 0 Å². The quantitative estimate of drug-likeness (QED) is 0.617. The summed E-state index contributed by atoms with van der Waals surface area (Å²) in [5.41, 5.74) is 1.26. The molecule has 0 fully saturated rings. The molecule has 7 heteroatoms. The molecule has 3 rings (SSSR count). The third-order valence-electron chi connectivity index (χ3n) is 4.42. The number of hydrogen-bond acceptors (Lipinski definition) is 4. The first-order valence-corrected chi connectivity index (χ1v) is 10.5. The van der Waals surface area contributed by atoms with Crippen molar-refractivity contribution in [1.29, 1.82) is 0 Å². The van der Waals surface area contributed by atoms with Gasteiger partial charge in [0.25, 0.3) is 15.9 Å². The number of hydrogen-bond donors (Lipinski definition) is 2. The average molecular weight is 410 g/mol. The SMILES string of the molecule is COc1ccccc1[C@@H](C)NC(=O)c1ccccc1NS(=O)(=O)c1ccccc1. The maximum Gasteiger partial charge on any atom is 0.261 e. The molecule has 150 valence electrons. The van der Waals surface area contributed by atoms with Crippen LogP contribution in [0.4, 0.5) is 5.69 Å². The van der Waals surface area contributed by atoms with Crippen LogP contribution in [0.15, 0.2) is 83.8 Å². The molecular formula is C22H22N2O4S. The molecule has 0 unspecified atom stereocenters. The minimum absolute atomic E-state index is 0.123. The summed E-state index contributed by atoms with van der Waals surface area (Å²) < 4.78 is 33.1. The van der Waals surface area contributed by atoms with Crippen LogP contribution < -0.4 is 14.8 Å². The number of nitrogens with one attached hydrogen (secondary N) is 2. The van der Waals surface area contributed by atoms with E-state index in [2.05, 4.69) is 10.0 Å². The fourth-order valence-electron chi connectivity index (χ4n) is 2.95. The number of sulfonamides is 1. The minimum atomic E-state index is -3.81. The summed E-state index contributed by atoms with van der Waals surface area (Å²) in [5, 5.41) is 2.90. The molecule has 1 atom stereocenters. The molecule has 0 saturated carbocycles. The second kappa shape index (κ2) is 8.79. The number of benzene rings is 3. The number of ether oxygens (including phenoxy) is 1. The van der Waals surface area contributed by atoms with Crippen LogP contribution in [0.1, 0.15) is 28.9 Å². The first kappa shape index (κ1) is 20.4. The highest BCUT2D eigenvalue weighted by molar-refractivity contribution is 7.92. The third kappa shape index (κ3) is 4.75. The molecule has 0 saturated heterocycles. The number of rotatable bonds is 7. The van der Waals surface area contributed by atoms with Crippen molar-refractivity contribution in [1.82, 2.24) is 5.32 Å². The molecule has 0 aliphatic heterocycles. The van der Waals surface area contributed by atoms with Crippen molar-refractivity contribution in [3.8, 4) is 5.75 Å². The van der Waals surface area contributed by atoms with E-state index in [1.807, 2.05) is 31.2 Å². The molecular weight excluding hydrogens is 388 g/mol. The zero-order chi connectivity index (χ0) is 20.9. The molecule has 0 aromatic heterocycles. The summed E-state index contributed by atoms with van der Waals surface area (Å²) in [5.74, 6) is 0.271. The van der Waals surface area contributed by atoms with Gasteiger partial charge in [0.1, 0.15) is 5.75 Å². The highest BCUT2D eigenvalue weighted by Crippen LogP contribution is 2.26. The smallest absolute Gasteiger partial charge is 0.261 e. The molecule has 3 aromatic carbocycles. The zero-order valence-electron chi connectivity index (χ0n) is 16.1. The van der Waals surface area contributed by atoms with Crippen LogP contribution in [0.2, 0.25) is 0 Å². The van der Waals surface area contributed by atoms with Crippen LogP contribution in [0.5, 0.6) is 5.75 Å². The lowest BCUT2D eigenvalue weighted by atomic mass is 10.1.